The van der Waals surface area contributed by atoms with Crippen molar-refractivity contribution >= 4 is 17.3 Å². The second-order valence-corrected chi connectivity index (χ2v) is 7.30. The van der Waals surface area contributed by atoms with Crippen LogP contribution in [0.25, 0.3) is 0 Å². The van der Waals surface area contributed by atoms with Crippen molar-refractivity contribution in [2.75, 3.05) is 7.11 Å². The Bertz CT molecular complexity index is 1050. The van der Waals surface area contributed by atoms with Crippen LogP contribution >= 0.6 is 11.6 Å². The lowest BCUT2D eigenvalue weighted by molar-refractivity contribution is 0.360. The van der Waals surface area contributed by atoms with Crippen molar-refractivity contribution in [2.45, 2.75) is 18.6 Å². The van der Waals surface area contributed by atoms with Gasteiger partial charge in [-0.05, 0) is 41.5 Å². The van der Waals surface area contributed by atoms with Gasteiger partial charge >= 0.3 is 0 Å². The molecule has 6 heteroatoms. The van der Waals surface area contributed by atoms with E-state index < -0.39 is 6.17 Å². The first-order valence-electron chi connectivity index (χ1n) is 9.25. The number of nitrogens with one attached hydrogen (secondary N) is 1. The van der Waals surface area contributed by atoms with Crippen LogP contribution in [0.4, 0.5) is 4.39 Å². The third kappa shape index (κ3) is 4.11. The largest absolute Gasteiger partial charge is 0.504 e. The van der Waals surface area contributed by atoms with E-state index in [9.17, 15) is 9.50 Å². The number of aliphatic imine (C=N–C) groups is 1. The molecule has 0 spiro atoms. The number of rotatable bonds is 4. The molecule has 148 valence electrons. The SMILES string of the molecule is COc1cccc([C@@H]2CC(c3ccc(Cl)cc3)=N[C@H](c3cccc(F)c3)N2)c1O. The summed E-state index contributed by atoms with van der Waals surface area (Å²) in [6, 6.07) is 19.0. The van der Waals surface area contributed by atoms with E-state index in [1.165, 1.54) is 19.2 Å². The van der Waals surface area contributed by atoms with Crippen molar-refractivity contribution in [1.29, 1.82) is 0 Å². The molecule has 0 saturated carbocycles. The van der Waals surface area contributed by atoms with Crippen molar-refractivity contribution in [1.82, 2.24) is 5.32 Å². The molecule has 4 rings (SSSR count). The zero-order valence-electron chi connectivity index (χ0n) is 15.8. The van der Waals surface area contributed by atoms with Gasteiger partial charge in [-0.3, -0.25) is 10.3 Å². The highest BCUT2D eigenvalue weighted by Gasteiger charge is 2.28. The van der Waals surface area contributed by atoms with Gasteiger partial charge in [0.2, 0.25) is 0 Å². The van der Waals surface area contributed by atoms with Gasteiger partial charge in [-0.2, -0.15) is 0 Å². The number of ether oxygens (including phenoxy) is 1. The van der Waals surface area contributed by atoms with Gasteiger partial charge in [-0.1, -0.05) is 48.0 Å². The lowest BCUT2D eigenvalue weighted by Gasteiger charge is -2.31. The number of phenolic OH excluding ortho intramolecular Hbond substituents is 1. The Kier molecular flexibility index (Phi) is 5.51. The summed E-state index contributed by atoms with van der Waals surface area (Å²) in [6.07, 6.45) is 0.0921. The molecule has 0 fully saturated rings. The van der Waals surface area contributed by atoms with Crippen LogP contribution in [0.2, 0.25) is 5.02 Å². The second kappa shape index (κ2) is 8.23. The highest BCUT2D eigenvalue weighted by molar-refractivity contribution is 6.30. The smallest absolute Gasteiger partial charge is 0.162 e. The maximum absolute atomic E-state index is 13.8. The first-order valence-corrected chi connectivity index (χ1v) is 9.63. The standard InChI is InChI=1S/C23H20ClFN2O2/c1-29-21-7-3-6-18(22(21)28)20-13-19(14-8-10-16(24)11-9-14)26-23(27-20)15-4-2-5-17(25)12-15/h2-12,20,23,27-28H,13H2,1H3/t20-,23-/m0/s1. The van der Waals surface area contributed by atoms with Crippen LogP contribution in [0.3, 0.4) is 0 Å². The average Bonchev–Trinajstić information content (AvgIpc) is 2.74. The molecule has 3 aromatic carbocycles. The Labute approximate surface area is 173 Å². The fourth-order valence-electron chi connectivity index (χ4n) is 3.56. The molecule has 0 amide bonds. The third-order valence-electron chi connectivity index (χ3n) is 5.01. The first kappa shape index (κ1) is 19.4. The zero-order chi connectivity index (χ0) is 20.4. The molecule has 0 saturated heterocycles. The number of phenols is 1. The molecule has 0 aliphatic carbocycles. The molecule has 1 aliphatic rings. The van der Waals surface area contributed by atoms with Crippen molar-refractivity contribution in [3.05, 3.63) is 94.3 Å². The predicted octanol–water partition coefficient (Wildman–Crippen LogP) is 5.42. The molecule has 1 aliphatic heterocycles. The van der Waals surface area contributed by atoms with Gasteiger partial charge in [-0.15, -0.1) is 0 Å². The van der Waals surface area contributed by atoms with Gasteiger partial charge < -0.3 is 9.84 Å². The zero-order valence-corrected chi connectivity index (χ0v) is 16.5. The van der Waals surface area contributed by atoms with E-state index in [-0.39, 0.29) is 17.6 Å². The van der Waals surface area contributed by atoms with E-state index in [0.29, 0.717) is 28.3 Å². The minimum absolute atomic E-state index is 0.0860. The number of benzene rings is 3. The summed E-state index contributed by atoms with van der Waals surface area (Å²) >= 11 is 6.03. The van der Waals surface area contributed by atoms with E-state index in [2.05, 4.69) is 5.32 Å². The summed E-state index contributed by atoms with van der Waals surface area (Å²) in [7, 11) is 1.52. The molecule has 0 radical (unpaired) electrons. The topological polar surface area (TPSA) is 53.8 Å². The number of nitrogens with zero attached hydrogens (tertiary/aromatic N) is 1. The van der Waals surface area contributed by atoms with Crippen LogP contribution in [0, 0.1) is 5.82 Å². The predicted molar refractivity (Wildman–Crippen MR) is 112 cm³/mol. The Hall–Kier alpha value is -2.89. The van der Waals surface area contributed by atoms with E-state index >= 15 is 0 Å². The van der Waals surface area contributed by atoms with Gasteiger partial charge in [0.1, 0.15) is 12.0 Å². The van der Waals surface area contributed by atoms with Gasteiger partial charge in [0, 0.05) is 28.8 Å². The summed E-state index contributed by atoms with van der Waals surface area (Å²) in [4.78, 5) is 4.82. The molecule has 0 aromatic heterocycles. The van der Waals surface area contributed by atoms with Crippen molar-refractivity contribution in [3.63, 3.8) is 0 Å². The molecule has 2 atom stereocenters. The number of methoxy groups -OCH3 is 1. The highest BCUT2D eigenvalue weighted by atomic mass is 35.5. The number of hydrogen-bond donors (Lipinski definition) is 2. The molecule has 29 heavy (non-hydrogen) atoms. The summed E-state index contributed by atoms with van der Waals surface area (Å²) in [5.74, 6) is 0.170. The van der Waals surface area contributed by atoms with Crippen LogP contribution in [-0.4, -0.2) is 17.9 Å². The van der Waals surface area contributed by atoms with Crippen LogP contribution in [-0.2, 0) is 0 Å². The maximum atomic E-state index is 13.8. The summed E-state index contributed by atoms with van der Waals surface area (Å²) in [5, 5.41) is 14.7. The highest BCUT2D eigenvalue weighted by Crippen LogP contribution is 2.38. The molecular weight excluding hydrogens is 391 g/mol. The molecule has 0 bridgehead atoms. The van der Waals surface area contributed by atoms with Gasteiger partial charge in [-0.25, -0.2) is 4.39 Å². The van der Waals surface area contributed by atoms with Gasteiger partial charge in [0.05, 0.1) is 7.11 Å². The quantitative estimate of drug-likeness (QED) is 0.604. The lowest BCUT2D eigenvalue weighted by Crippen LogP contribution is -2.33. The molecular formula is C23H20ClFN2O2. The third-order valence-corrected chi connectivity index (χ3v) is 5.26. The average molecular weight is 411 g/mol. The maximum Gasteiger partial charge on any atom is 0.162 e. The van der Waals surface area contributed by atoms with Crippen LogP contribution in [0.1, 0.15) is 35.3 Å². The van der Waals surface area contributed by atoms with Crippen molar-refractivity contribution < 1.29 is 14.2 Å². The van der Waals surface area contributed by atoms with E-state index in [0.717, 1.165) is 11.3 Å². The van der Waals surface area contributed by atoms with Crippen LogP contribution in [0.5, 0.6) is 11.5 Å². The lowest BCUT2D eigenvalue weighted by atomic mass is 9.93. The summed E-state index contributed by atoms with van der Waals surface area (Å²) in [5.41, 5.74) is 3.20. The number of aromatic hydroxyl groups is 1. The second-order valence-electron chi connectivity index (χ2n) is 6.86. The number of halogens is 2. The monoisotopic (exact) mass is 410 g/mol. The van der Waals surface area contributed by atoms with Gasteiger partial charge in [0.15, 0.2) is 11.5 Å². The molecule has 3 aromatic rings. The molecule has 4 nitrogen and oxygen atoms in total. The molecule has 2 N–H and O–H groups in total. The Morgan fingerprint density at radius 3 is 2.59 bits per heavy atom. The van der Waals surface area contributed by atoms with E-state index in [1.54, 1.807) is 12.1 Å². The minimum Gasteiger partial charge on any atom is -0.504 e. The fourth-order valence-corrected chi connectivity index (χ4v) is 3.68. The van der Waals surface area contributed by atoms with E-state index in [1.807, 2.05) is 42.5 Å². The Morgan fingerprint density at radius 2 is 1.86 bits per heavy atom. The van der Waals surface area contributed by atoms with Crippen molar-refractivity contribution in [2.24, 2.45) is 4.99 Å². The van der Waals surface area contributed by atoms with E-state index in [4.69, 9.17) is 21.3 Å². The van der Waals surface area contributed by atoms with Crippen molar-refractivity contribution in [3.8, 4) is 11.5 Å². The van der Waals surface area contributed by atoms with Gasteiger partial charge in [0.25, 0.3) is 0 Å². The number of hydrogen-bond acceptors (Lipinski definition) is 4. The van der Waals surface area contributed by atoms with Crippen LogP contribution in [0.15, 0.2) is 71.7 Å². The Morgan fingerprint density at radius 1 is 1.10 bits per heavy atom. The molecule has 0 unspecified atom stereocenters. The normalized spacial score (nSPS) is 18.9. The minimum atomic E-state index is -0.458. The summed E-state index contributed by atoms with van der Waals surface area (Å²) < 4.78 is 19.1. The summed E-state index contributed by atoms with van der Waals surface area (Å²) in [6.45, 7) is 0. The van der Waals surface area contributed by atoms with Crippen LogP contribution < -0.4 is 10.1 Å². The first-order chi connectivity index (χ1) is 14.0. The Balaban J connectivity index is 1.77. The molecule has 1 heterocycles. The number of para-hydroxylation sites is 1. The fraction of sp³-hybridized carbons (Fsp3) is 0.174.